The highest BCUT2D eigenvalue weighted by atomic mass is 79.9. The van der Waals surface area contributed by atoms with E-state index < -0.39 is 0 Å². The van der Waals surface area contributed by atoms with Gasteiger partial charge < -0.3 is 5.32 Å². The molecule has 1 aromatic carbocycles. The third kappa shape index (κ3) is 2.21. The van der Waals surface area contributed by atoms with Crippen LogP contribution in [0.1, 0.15) is 5.69 Å². The smallest absolute Gasteiger partial charge is 0.210 e. The number of para-hydroxylation sites is 1. The molecule has 0 radical (unpaired) electrons. The molecule has 0 saturated carbocycles. The van der Waals surface area contributed by atoms with E-state index in [1.165, 1.54) is 11.3 Å². The number of aromatic nitrogens is 3. The number of nitrogens with zero attached hydrogens (tertiary/aromatic N) is 3. The summed E-state index contributed by atoms with van der Waals surface area (Å²) < 4.78 is 0.759. The van der Waals surface area contributed by atoms with E-state index in [1.807, 2.05) is 31.2 Å². The number of aryl methyl sites for hydroxylation is 1. The molecule has 0 fully saturated rings. The van der Waals surface area contributed by atoms with E-state index >= 15 is 0 Å². The van der Waals surface area contributed by atoms with Crippen molar-refractivity contribution in [1.29, 1.82) is 0 Å². The fourth-order valence-corrected chi connectivity index (χ4v) is 2.74. The first kappa shape index (κ1) is 11.6. The van der Waals surface area contributed by atoms with Gasteiger partial charge in [0.15, 0.2) is 3.92 Å². The number of benzene rings is 1. The number of hydrogen-bond donors (Lipinski definition) is 1. The normalized spacial score (nSPS) is 10.8. The number of anilines is 2. The van der Waals surface area contributed by atoms with E-state index in [-0.39, 0.29) is 0 Å². The summed E-state index contributed by atoms with van der Waals surface area (Å²) in [5.74, 6) is 0. The summed E-state index contributed by atoms with van der Waals surface area (Å²) in [7, 11) is 0. The first-order valence-corrected chi connectivity index (χ1v) is 6.96. The van der Waals surface area contributed by atoms with Gasteiger partial charge in [-0.05, 0) is 35.0 Å². The number of hydrogen-bond acceptors (Lipinski definition) is 5. The van der Waals surface area contributed by atoms with E-state index in [9.17, 15) is 0 Å². The van der Waals surface area contributed by atoms with Crippen molar-refractivity contribution in [3.05, 3.63) is 39.9 Å². The van der Waals surface area contributed by atoms with E-state index in [2.05, 4.69) is 42.5 Å². The highest BCUT2D eigenvalue weighted by molar-refractivity contribution is 9.11. The molecule has 6 heteroatoms. The molecule has 90 valence electrons. The van der Waals surface area contributed by atoms with Gasteiger partial charge in [-0.2, -0.15) is 0 Å². The molecule has 0 bridgehead atoms. The van der Waals surface area contributed by atoms with Gasteiger partial charge in [0.25, 0.3) is 0 Å². The van der Waals surface area contributed by atoms with Crippen molar-refractivity contribution in [1.82, 2.24) is 15.2 Å². The lowest BCUT2D eigenvalue weighted by molar-refractivity contribution is 1.07. The van der Waals surface area contributed by atoms with Crippen LogP contribution in [-0.2, 0) is 0 Å². The second-order valence-electron chi connectivity index (χ2n) is 3.82. The van der Waals surface area contributed by atoms with Crippen molar-refractivity contribution in [2.45, 2.75) is 6.92 Å². The lowest BCUT2D eigenvalue weighted by atomic mass is 10.2. The molecule has 3 aromatic rings. The average molecular weight is 321 g/mol. The van der Waals surface area contributed by atoms with Crippen LogP contribution < -0.4 is 5.32 Å². The molecule has 0 aliphatic rings. The van der Waals surface area contributed by atoms with E-state index in [4.69, 9.17) is 0 Å². The van der Waals surface area contributed by atoms with Crippen LogP contribution in [0.4, 0.5) is 10.8 Å². The molecule has 1 N–H and O–H groups in total. The lowest BCUT2D eigenvalue weighted by Crippen LogP contribution is -1.93. The minimum atomic E-state index is 0.748. The van der Waals surface area contributed by atoms with Gasteiger partial charge in [-0.1, -0.05) is 29.5 Å². The van der Waals surface area contributed by atoms with E-state index in [0.29, 0.717) is 0 Å². The Hall–Kier alpha value is -1.53. The van der Waals surface area contributed by atoms with Crippen LogP contribution in [-0.4, -0.2) is 15.2 Å². The molecule has 2 heterocycles. The summed E-state index contributed by atoms with van der Waals surface area (Å²) >= 11 is 4.75. The number of rotatable bonds is 2. The second-order valence-corrected chi connectivity index (χ2v) is 6.07. The standard InChI is InChI=1S/C12H9BrN4S/c1-7-5-6-8-3-2-4-9(10(8)14-7)15-12-17-16-11(13)18-12/h2-6H,1H3,(H,15,17). The molecule has 0 unspecified atom stereocenters. The number of fused-ring (bicyclic) bond motifs is 1. The highest BCUT2D eigenvalue weighted by Crippen LogP contribution is 2.28. The maximum atomic E-state index is 4.56. The highest BCUT2D eigenvalue weighted by Gasteiger charge is 2.06. The van der Waals surface area contributed by atoms with Gasteiger partial charge in [0.2, 0.25) is 5.13 Å². The van der Waals surface area contributed by atoms with E-state index in [1.54, 1.807) is 0 Å². The molecule has 18 heavy (non-hydrogen) atoms. The van der Waals surface area contributed by atoms with Gasteiger partial charge in [-0.25, -0.2) is 0 Å². The monoisotopic (exact) mass is 320 g/mol. The van der Waals surface area contributed by atoms with Gasteiger partial charge in [0, 0.05) is 11.1 Å². The molecule has 0 amide bonds. The summed E-state index contributed by atoms with van der Waals surface area (Å²) in [6.07, 6.45) is 0. The molecule has 0 aliphatic heterocycles. The second kappa shape index (κ2) is 4.62. The summed E-state index contributed by atoms with van der Waals surface area (Å²) in [6.45, 7) is 1.98. The van der Waals surface area contributed by atoms with Crippen molar-refractivity contribution >= 4 is 49.0 Å². The molecular weight excluding hydrogens is 312 g/mol. The van der Waals surface area contributed by atoms with Crippen LogP contribution in [0.3, 0.4) is 0 Å². The lowest BCUT2D eigenvalue weighted by Gasteiger charge is -2.06. The van der Waals surface area contributed by atoms with Crippen LogP contribution >= 0.6 is 27.3 Å². The number of nitrogens with one attached hydrogen (secondary N) is 1. The van der Waals surface area contributed by atoms with Crippen molar-refractivity contribution in [2.24, 2.45) is 0 Å². The molecule has 2 aromatic heterocycles. The minimum absolute atomic E-state index is 0.748. The molecule has 0 saturated heterocycles. The Morgan fingerprint density at radius 1 is 1.17 bits per heavy atom. The van der Waals surface area contributed by atoms with Crippen LogP contribution in [0.25, 0.3) is 10.9 Å². The summed E-state index contributed by atoms with van der Waals surface area (Å²) in [5, 5.41) is 13.0. The first-order chi connectivity index (χ1) is 8.72. The van der Waals surface area contributed by atoms with Crippen LogP contribution in [0, 0.1) is 6.92 Å². The third-order valence-electron chi connectivity index (χ3n) is 2.50. The maximum absolute atomic E-state index is 4.56. The Balaban J connectivity index is 2.08. The predicted octanol–water partition coefficient (Wildman–Crippen LogP) is 3.90. The molecule has 4 nitrogen and oxygen atoms in total. The summed E-state index contributed by atoms with van der Waals surface area (Å²) in [5.41, 5.74) is 2.89. The maximum Gasteiger partial charge on any atom is 0.210 e. The summed E-state index contributed by atoms with van der Waals surface area (Å²) in [4.78, 5) is 4.56. The fraction of sp³-hybridized carbons (Fsp3) is 0.0833. The topological polar surface area (TPSA) is 50.7 Å². The molecule has 3 rings (SSSR count). The fourth-order valence-electron chi connectivity index (χ4n) is 1.72. The Morgan fingerprint density at radius 2 is 2.06 bits per heavy atom. The van der Waals surface area contributed by atoms with Gasteiger partial charge in [0.05, 0.1) is 11.2 Å². The van der Waals surface area contributed by atoms with Crippen molar-refractivity contribution in [3.8, 4) is 0 Å². The Labute approximate surface area is 116 Å². The minimum Gasteiger partial charge on any atom is -0.328 e. The third-order valence-corrected chi connectivity index (χ3v) is 3.77. The van der Waals surface area contributed by atoms with Crippen molar-refractivity contribution in [2.75, 3.05) is 5.32 Å². The zero-order chi connectivity index (χ0) is 12.5. The van der Waals surface area contributed by atoms with Gasteiger partial charge >= 0.3 is 0 Å². The van der Waals surface area contributed by atoms with Gasteiger partial charge in [0.1, 0.15) is 0 Å². The van der Waals surface area contributed by atoms with Crippen molar-refractivity contribution in [3.63, 3.8) is 0 Å². The average Bonchev–Trinajstić information content (AvgIpc) is 2.76. The SMILES string of the molecule is Cc1ccc2cccc(Nc3nnc(Br)s3)c2n1. The van der Waals surface area contributed by atoms with Crippen molar-refractivity contribution < 1.29 is 0 Å². The first-order valence-electron chi connectivity index (χ1n) is 5.35. The predicted molar refractivity (Wildman–Crippen MR) is 77.4 cm³/mol. The largest absolute Gasteiger partial charge is 0.328 e. The van der Waals surface area contributed by atoms with E-state index in [0.717, 1.165) is 31.3 Å². The Kier molecular flexibility index (Phi) is 2.97. The quantitative estimate of drug-likeness (QED) is 0.778. The van der Waals surface area contributed by atoms with Crippen LogP contribution in [0.15, 0.2) is 34.2 Å². The molecular formula is C12H9BrN4S. The molecule has 0 aliphatic carbocycles. The zero-order valence-electron chi connectivity index (χ0n) is 9.51. The Bertz CT molecular complexity index is 710. The summed E-state index contributed by atoms with van der Waals surface area (Å²) in [6, 6.07) is 10.1. The van der Waals surface area contributed by atoms with Crippen LogP contribution in [0.2, 0.25) is 0 Å². The van der Waals surface area contributed by atoms with Gasteiger partial charge in [-0.15, -0.1) is 10.2 Å². The van der Waals surface area contributed by atoms with Crippen LogP contribution in [0.5, 0.6) is 0 Å². The Morgan fingerprint density at radius 3 is 2.83 bits per heavy atom. The van der Waals surface area contributed by atoms with Gasteiger partial charge in [-0.3, -0.25) is 4.98 Å². The molecule has 0 spiro atoms. The zero-order valence-corrected chi connectivity index (χ0v) is 11.9. The number of pyridine rings is 1. The molecule has 0 atom stereocenters. The number of halogens is 1.